The number of carbonyl (C=O) groups is 2. The Hall–Kier alpha value is -2.04. The van der Waals surface area contributed by atoms with Gasteiger partial charge in [0, 0.05) is 19.3 Å². The van der Waals surface area contributed by atoms with Crippen molar-refractivity contribution in [2.75, 3.05) is 19.3 Å². The standard InChI is InChI=1S/C14H21N3O2/c1-5-17(4)14(19)10(3)16-13(18)12-9(2)7-6-8-11(12)15/h6-8,10H,5,15H2,1-4H3,(H,16,18). The number of nitrogens with zero attached hydrogens (tertiary/aromatic N) is 1. The Morgan fingerprint density at radius 1 is 1.42 bits per heavy atom. The molecule has 0 aliphatic rings. The summed E-state index contributed by atoms with van der Waals surface area (Å²) in [4.78, 5) is 25.6. The molecular weight excluding hydrogens is 242 g/mol. The molecule has 1 atom stereocenters. The first-order valence-corrected chi connectivity index (χ1v) is 6.29. The number of carbonyl (C=O) groups excluding carboxylic acids is 2. The molecule has 0 aliphatic heterocycles. The second kappa shape index (κ2) is 6.22. The highest BCUT2D eigenvalue weighted by Crippen LogP contribution is 2.16. The molecule has 19 heavy (non-hydrogen) atoms. The number of benzene rings is 1. The normalized spacial score (nSPS) is 11.8. The highest BCUT2D eigenvalue weighted by atomic mass is 16.2. The number of hydrogen-bond donors (Lipinski definition) is 2. The van der Waals surface area contributed by atoms with Crippen LogP contribution < -0.4 is 11.1 Å². The van der Waals surface area contributed by atoms with Crippen molar-refractivity contribution in [3.63, 3.8) is 0 Å². The molecule has 0 radical (unpaired) electrons. The first-order valence-electron chi connectivity index (χ1n) is 6.29. The van der Waals surface area contributed by atoms with Crippen molar-refractivity contribution in [2.45, 2.75) is 26.8 Å². The van der Waals surface area contributed by atoms with Crippen molar-refractivity contribution in [3.8, 4) is 0 Å². The number of rotatable bonds is 4. The van der Waals surface area contributed by atoms with E-state index in [1.165, 1.54) is 0 Å². The minimum Gasteiger partial charge on any atom is -0.398 e. The molecule has 5 heteroatoms. The van der Waals surface area contributed by atoms with Gasteiger partial charge < -0.3 is 16.0 Å². The number of anilines is 1. The molecule has 0 aromatic heterocycles. The van der Waals surface area contributed by atoms with Gasteiger partial charge in [0.15, 0.2) is 0 Å². The number of nitrogens with two attached hydrogens (primary N) is 1. The van der Waals surface area contributed by atoms with Gasteiger partial charge in [-0.05, 0) is 32.4 Å². The first-order chi connectivity index (χ1) is 8.88. The molecule has 1 aromatic rings. The third kappa shape index (κ3) is 3.47. The van der Waals surface area contributed by atoms with Gasteiger partial charge in [-0.15, -0.1) is 0 Å². The Bertz CT molecular complexity index is 465. The lowest BCUT2D eigenvalue weighted by molar-refractivity contribution is -0.131. The number of hydrogen-bond acceptors (Lipinski definition) is 3. The van der Waals surface area contributed by atoms with Crippen LogP contribution in [0.25, 0.3) is 0 Å². The van der Waals surface area contributed by atoms with Crippen molar-refractivity contribution >= 4 is 17.5 Å². The maximum absolute atomic E-state index is 12.2. The van der Waals surface area contributed by atoms with Crippen molar-refractivity contribution in [1.82, 2.24) is 10.2 Å². The Morgan fingerprint density at radius 2 is 2.05 bits per heavy atom. The fraction of sp³-hybridized carbons (Fsp3) is 0.429. The lowest BCUT2D eigenvalue weighted by Gasteiger charge is -2.21. The molecule has 5 nitrogen and oxygen atoms in total. The molecule has 3 N–H and O–H groups in total. The van der Waals surface area contributed by atoms with E-state index < -0.39 is 6.04 Å². The number of likely N-dealkylation sites (N-methyl/N-ethyl adjacent to an activating group) is 1. The van der Waals surface area contributed by atoms with E-state index in [2.05, 4.69) is 5.32 Å². The predicted molar refractivity (Wildman–Crippen MR) is 75.8 cm³/mol. The van der Waals surface area contributed by atoms with E-state index in [0.717, 1.165) is 5.56 Å². The zero-order valence-electron chi connectivity index (χ0n) is 11.9. The van der Waals surface area contributed by atoms with Crippen LogP contribution in [0.4, 0.5) is 5.69 Å². The van der Waals surface area contributed by atoms with E-state index in [1.807, 2.05) is 19.9 Å². The van der Waals surface area contributed by atoms with Crippen LogP contribution >= 0.6 is 0 Å². The average molecular weight is 263 g/mol. The third-order valence-electron chi connectivity index (χ3n) is 3.10. The monoisotopic (exact) mass is 263 g/mol. The van der Waals surface area contributed by atoms with Gasteiger partial charge in [0.1, 0.15) is 6.04 Å². The van der Waals surface area contributed by atoms with E-state index in [4.69, 9.17) is 5.73 Å². The van der Waals surface area contributed by atoms with E-state index in [-0.39, 0.29) is 11.8 Å². The second-order valence-electron chi connectivity index (χ2n) is 4.59. The van der Waals surface area contributed by atoms with Gasteiger partial charge in [0.05, 0.1) is 5.56 Å². The lowest BCUT2D eigenvalue weighted by Crippen LogP contribution is -2.45. The quantitative estimate of drug-likeness (QED) is 0.801. The van der Waals surface area contributed by atoms with E-state index in [9.17, 15) is 9.59 Å². The maximum Gasteiger partial charge on any atom is 0.254 e. The summed E-state index contributed by atoms with van der Waals surface area (Å²) in [6.07, 6.45) is 0. The van der Waals surface area contributed by atoms with Gasteiger partial charge in [-0.1, -0.05) is 12.1 Å². The Labute approximate surface area is 113 Å². The van der Waals surface area contributed by atoms with E-state index >= 15 is 0 Å². The summed E-state index contributed by atoms with van der Waals surface area (Å²) in [6.45, 7) is 5.97. The molecule has 0 saturated carbocycles. The summed E-state index contributed by atoms with van der Waals surface area (Å²) in [5, 5.41) is 2.68. The summed E-state index contributed by atoms with van der Waals surface area (Å²) in [7, 11) is 1.70. The van der Waals surface area contributed by atoms with Crippen LogP contribution in [0.5, 0.6) is 0 Å². The maximum atomic E-state index is 12.2. The smallest absolute Gasteiger partial charge is 0.254 e. The second-order valence-corrected chi connectivity index (χ2v) is 4.59. The Balaban J connectivity index is 2.83. The van der Waals surface area contributed by atoms with Gasteiger partial charge in [-0.25, -0.2) is 0 Å². The SMILES string of the molecule is CCN(C)C(=O)C(C)NC(=O)c1c(C)cccc1N. The lowest BCUT2D eigenvalue weighted by atomic mass is 10.1. The first kappa shape index (κ1) is 15.0. The fourth-order valence-corrected chi connectivity index (χ4v) is 1.82. The van der Waals surface area contributed by atoms with Gasteiger partial charge in [-0.3, -0.25) is 9.59 Å². The minimum absolute atomic E-state index is 0.122. The zero-order valence-corrected chi connectivity index (χ0v) is 11.9. The molecule has 2 amide bonds. The van der Waals surface area contributed by atoms with Crippen molar-refractivity contribution in [1.29, 1.82) is 0 Å². The largest absolute Gasteiger partial charge is 0.398 e. The van der Waals surface area contributed by atoms with Gasteiger partial charge in [0.2, 0.25) is 5.91 Å². The summed E-state index contributed by atoms with van der Waals surface area (Å²) in [5.74, 6) is -0.441. The highest BCUT2D eigenvalue weighted by molar-refractivity contribution is 6.02. The van der Waals surface area contributed by atoms with Crippen LogP contribution in [0.2, 0.25) is 0 Å². The van der Waals surface area contributed by atoms with Crippen LogP contribution in [-0.4, -0.2) is 36.3 Å². The predicted octanol–water partition coefficient (Wildman–Crippen LogP) is 1.17. The minimum atomic E-state index is -0.573. The molecule has 0 heterocycles. The van der Waals surface area contributed by atoms with E-state index in [1.54, 1.807) is 31.0 Å². The van der Waals surface area contributed by atoms with Gasteiger partial charge in [-0.2, -0.15) is 0 Å². The fourth-order valence-electron chi connectivity index (χ4n) is 1.82. The van der Waals surface area contributed by atoms with Crippen LogP contribution in [0.15, 0.2) is 18.2 Å². The summed E-state index contributed by atoms with van der Waals surface area (Å²) in [5.41, 5.74) is 7.45. The van der Waals surface area contributed by atoms with Crippen molar-refractivity contribution in [2.24, 2.45) is 0 Å². The molecule has 1 unspecified atom stereocenters. The molecule has 1 rings (SSSR count). The highest BCUT2D eigenvalue weighted by Gasteiger charge is 2.21. The van der Waals surface area contributed by atoms with E-state index in [0.29, 0.717) is 17.8 Å². The summed E-state index contributed by atoms with van der Waals surface area (Å²) < 4.78 is 0. The molecule has 0 spiro atoms. The molecule has 104 valence electrons. The summed E-state index contributed by atoms with van der Waals surface area (Å²) >= 11 is 0. The molecular formula is C14H21N3O2. The average Bonchev–Trinajstić information content (AvgIpc) is 2.36. The number of aryl methyl sites for hydroxylation is 1. The molecule has 0 aliphatic carbocycles. The van der Waals surface area contributed by atoms with Crippen molar-refractivity contribution < 1.29 is 9.59 Å². The Kier molecular flexibility index (Phi) is 4.92. The topological polar surface area (TPSA) is 75.4 Å². The molecule has 1 aromatic carbocycles. The molecule has 0 bridgehead atoms. The van der Waals surface area contributed by atoms with Crippen LogP contribution in [0, 0.1) is 6.92 Å². The molecule has 0 saturated heterocycles. The van der Waals surface area contributed by atoms with Crippen LogP contribution in [-0.2, 0) is 4.79 Å². The third-order valence-corrected chi connectivity index (χ3v) is 3.10. The summed E-state index contributed by atoms with van der Waals surface area (Å²) in [6, 6.07) is 4.71. The van der Waals surface area contributed by atoms with Gasteiger partial charge >= 0.3 is 0 Å². The van der Waals surface area contributed by atoms with Crippen LogP contribution in [0.3, 0.4) is 0 Å². The number of nitrogen functional groups attached to an aromatic ring is 1. The van der Waals surface area contributed by atoms with Gasteiger partial charge in [0.25, 0.3) is 5.91 Å². The molecule has 0 fully saturated rings. The zero-order chi connectivity index (χ0) is 14.6. The van der Waals surface area contributed by atoms with Crippen LogP contribution in [0.1, 0.15) is 29.8 Å². The number of nitrogens with one attached hydrogen (secondary N) is 1. The number of amides is 2. The van der Waals surface area contributed by atoms with Crippen molar-refractivity contribution in [3.05, 3.63) is 29.3 Å². The Morgan fingerprint density at radius 3 is 2.58 bits per heavy atom.